The smallest absolute Gasteiger partial charge is 0.286 e. The van der Waals surface area contributed by atoms with Gasteiger partial charge in [-0.3, -0.25) is 14.9 Å². The number of imide groups is 1. The van der Waals surface area contributed by atoms with Crippen LogP contribution in [0.4, 0.5) is 4.79 Å². The Hall–Kier alpha value is -3.32. The van der Waals surface area contributed by atoms with Gasteiger partial charge in [0.05, 0.1) is 11.5 Å². The highest BCUT2D eigenvalue weighted by Gasteiger charge is 2.31. The van der Waals surface area contributed by atoms with Crippen molar-refractivity contribution in [2.75, 3.05) is 13.2 Å². The van der Waals surface area contributed by atoms with Crippen LogP contribution >= 0.6 is 11.8 Å². The monoisotopic (exact) mass is 420 g/mol. The Morgan fingerprint density at radius 2 is 1.77 bits per heavy atom. The van der Waals surface area contributed by atoms with Crippen LogP contribution in [-0.4, -0.2) is 35.8 Å². The third-order valence-electron chi connectivity index (χ3n) is 4.60. The molecule has 3 aromatic carbocycles. The maximum absolute atomic E-state index is 11.6. The van der Waals surface area contributed by atoms with Crippen LogP contribution in [0.25, 0.3) is 10.8 Å². The fraction of sp³-hybridized carbons (Fsp3) is 0.174. The molecule has 0 aliphatic carbocycles. The van der Waals surface area contributed by atoms with Crippen LogP contribution in [0.1, 0.15) is 11.1 Å². The summed E-state index contributed by atoms with van der Waals surface area (Å²) in [7, 11) is 0. The number of carbonyl (C=O) groups excluding carboxylic acids is 2. The zero-order chi connectivity index (χ0) is 20.8. The molecule has 4 rings (SSSR count). The average molecular weight is 420 g/mol. The van der Waals surface area contributed by atoms with Gasteiger partial charge >= 0.3 is 0 Å². The normalized spacial score (nSPS) is 16.2. The first-order valence-corrected chi connectivity index (χ1v) is 10.4. The lowest BCUT2D eigenvalue weighted by atomic mass is 10.1. The Morgan fingerprint density at radius 3 is 2.53 bits per heavy atom. The van der Waals surface area contributed by atoms with E-state index in [0.29, 0.717) is 25.4 Å². The molecule has 2 amide bonds. The van der Waals surface area contributed by atoms with Gasteiger partial charge in [0.15, 0.2) is 6.61 Å². The predicted octanol–water partition coefficient (Wildman–Crippen LogP) is 4.16. The van der Waals surface area contributed by atoms with Crippen molar-refractivity contribution in [2.45, 2.75) is 11.7 Å². The molecule has 1 N–H and O–H groups in total. The third-order valence-corrected chi connectivity index (χ3v) is 5.59. The van der Waals surface area contributed by atoms with Crippen molar-refractivity contribution in [3.05, 3.63) is 77.9 Å². The van der Waals surface area contributed by atoms with Crippen LogP contribution in [0.3, 0.4) is 0 Å². The molecule has 3 aromatic rings. The van der Waals surface area contributed by atoms with E-state index in [1.165, 1.54) is 5.39 Å². The lowest BCUT2D eigenvalue weighted by Gasteiger charge is -2.08. The van der Waals surface area contributed by atoms with Gasteiger partial charge in [-0.15, -0.1) is 0 Å². The molecule has 1 heterocycles. The van der Waals surface area contributed by atoms with Gasteiger partial charge < -0.3 is 9.57 Å². The quantitative estimate of drug-likeness (QED) is 0.336. The lowest BCUT2D eigenvalue weighted by molar-refractivity contribution is -0.118. The number of rotatable bonds is 8. The van der Waals surface area contributed by atoms with Crippen LogP contribution in [0.2, 0.25) is 0 Å². The minimum Gasteiger partial charge on any atom is -0.490 e. The molecular formula is C23H20N2O4S. The fourth-order valence-electron chi connectivity index (χ4n) is 3.10. The number of nitrogens with one attached hydrogen (secondary N) is 1. The molecule has 1 fully saturated rings. The Bertz CT molecular complexity index is 1080. The summed E-state index contributed by atoms with van der Waals surface area (Å²) < 4.78 is 5.64. The molecule has 30 heavy (non-hydrogen) atoms. The summed E-state index contributed by atoms with van der Waals surface area (Å²) >= 11 is 1.03. The van der Waals surface area contributed by atoms with E-state index in [1.54, 1.807) is 6.21 Å². The summed E-state index contributed by atoms with van der Waals surface area (Å²) in [6, 6.07) is 21.7. The van der Waals surface area contributed by atoms with Crippen LogP contribution < -0.4 is 10.1 Å². The van der Waals surface area contributed by atoms with Gasteiger partial charge in [0.1, 0.15) is 12.4 Å². The first-order valence-electron chi connectivity index (χ1n) is 9.55. The Balaban J connectivity index is 1.19. The lowest BCUT2D eigenvalue weighted by Crippen LogP contribution is -2.25. The van der Waals surface area contributed by atoms with E-state index in [-0.39, 0.29) is 16.4 Å². The standard InChI is InChI=1S/C23H20N2O4S/c26-22-21(30-23(27)25-22)14-16-6-9-20(10-7-16)28-11-12-29-24-15-17-5-8-18-3-1-2-4-19(18)13-17/h1-10,13,15,21H,11-12,14H2,(H,25,26,27). The van der Waals surface area contributed by atoms with Crippen molar-refractivity contribution < 1.29 is 19.2 Å². The van der Waals surface area contributed by atoms with E-state index in [4.69, 9.17) is 9.57 Å². The van der Waals surface area contributed by atoms with Crippen molar-refractivity contribution >= 4 is 39.9 Å². The van der Waals surface area contributed by atoms with Gasteiger partial charge in [-0.1, -0.05) is 65.4 Å². The molecule has 1 atom stereocenters. The summed E-state index contributed by atoms with van der Waals surface area (Å²) in [5.41, 5.74) is 1.95. The van der Waals surface area contributed by atoms with Crippen molar-refractivity contribution in [3.8, 4) is 5.75 Å². The highest BCUT2D eigenvalue weighted by molar-refractivity contribution is 8.15. The van der Waals surface area contributed by atoms with Crippen molar-refractivity contribution in [1.29, 1.82) is 0 Å². The van der Waals surface area contributed by atoms with E-state index in [1.807, 2.05) is 42.5 Å². The number of carbonyl (C=O) groups is 2. The Kier molecular flexibility index (Phi) is 6.29. The first kappa shape index (κ1) is 20.0. The molecule has 152 valence electrons. The topological polar surface area (TPSA) is 77.0 Å². The van der Waals surface area contributed by atoms with Gasteiger partial charge in [-0.2, -0.15) is 0 Å². The van der Waals surface area contributed by atoms with Crippen LogP contribution in [0.15, 0.2) is 71.9 Å². The van der Waals surface area contributed by atoms with E-state index < -0.39 is 0 Å². The molecule has 1 unspecified atom stereocenters. The summed E-state index contributed by atoms with van der Waals surface area (Å²) in [4.78, 5) is 28.1. The van der Waals surface area contributed by atoms with E-state index in [0.717, 1.165) is 28.3 Å². The zero-order valence-corrected chi connectivity index (χ0v) is 16.9. The van der Waals surface area contributed by atoms with E-state index in [2.05, 4.69) is 34.7 Å². The highest BCUT2D eigenvalue weighted by atomic mass is 32.2. The van der Waals surface area contributed by atoms with Crippen molar-refractivity contribution in [2.24, 2.45) is 5.16 Å². The second-order valence-electron chi connectivity index (χ2n) is 6.75. The van der Waals surface area contributed by atoms with Gasteiger partial charge in [0.2, 0.25) is 5.91 Å². The zero-order valence-electron chi connectivity index (χ0n) is 16.1. The second-order valence-corrected chi connectivity index (χ2v) is 7.93. The molecule has 1 aliphatic heterocycles. The number of hydrogen-bond acceptors (Lipinski definition) is 6. The van der Waals surface area contributed by atoms with Crippen LogP contribution in [0.5, 0.6) is 5.75 Å². The molecule has 0 bridgehead atoms. The molecule has 7 heteroatoms. The molecule has 1 aliphatic rings. The molecule has 0 aromatic heterocycles. The number of hydrogen-bond donors (Lipinski definition) is 1. The number of fused-ring (bicyclic) bond motifs is 1. The Morgan fingerprint density at radius 1 is 0.967 bits per heavy atom. The largest absolute Gasteiger partial charge is 0.490 e. The maximum atomic E-state index is 11.6. The molecule has 0 spiro atoms. The first-order chi connectivity index (χ1) is 14.7. The molecular weight excluding hydrogens is 400 g/mol. The predicted molar refractivity (Wildman–Crippen MR) is 118 cm³/mol. The number of benzene rings is 3. The highest BCUT2D eigenvalue weighted by Crippen LogP contribution is 2.23. The van der Waals surface area contributed by atoms with Crippen molar-refractivity contribution in [1.82, 2.24) is 5.32 Å². The molecule has 1 saturated heterocycles. The number of thioether (sulfide) groups is 1. The van der Waals surface area contributed by atoms with Gasteiger partial charge in [0, 0.05) is 0 Å². The van der Waals surface area contributed by atoms with Gasteiger partial charge in [-0.25, -0.2) is 0 Å². The fourth-order valence-corrected chi connectivity index (χ4v) is 3.96. The van der Waals surface area contributed by atoms with Gasteiger partial charge in [0.25, 0.3) is 5.24 Å². The number of amides is 2. The number of ether oxygens (including phenoxy) is 1. The summed E-state index contributed by atoms with van der Waals surface area (Å²) in [6.45, 7) is 0.691. The number of nitrogens with zero attached hydrogens (tertiary/aromatic N) is 1. The summed E-state index contributed by atoms with van der Waals surface area (Å²) in [6.07, 6.45) is 2.19. The Labute approximate surface area is 178 Å². The second kappa shape index (κ2) is 9.45. The van der Waals surface area contributed by atoms with Crippen LogP contribution in [-0.2, 0) is 16.1 Å². The van der Waals surface area contributed by atoms with E-state index in [9.17, 15) is 9.59 Å². The SMILES string of the molecule is O=C1NC(=O)C(Cc2ccc(OCCON=Cc3ccc4ccccc4c3)cc2)S1. The molecule has 0 saturated carbocycles. The minimum atomic E-state index is -0.363. The molecule has 0 radical (unpaired) electrons. The summed E-state index contributed by atoms with van der Waals surface area (Å²) in [5, 5.41) is 7.99. The van der Waals surface area contributed by atoms with Crippen molar-refractivity contribution in [3.63, 3.8) is 0 Å². The third kappa shape index (κ3) is 5.18. The summed E-state index contributed by atoms with van der Waals surface area (Å²) in [5.74, 6) is 0.479. The average Bonchev–Trinajstić information content (AvgIpc) is 3.08. The van der Waals surface area contributed by atoms with E-state index >= 15 is 0 Å². The molecule has 6 nitrogen and oxygen atoms in total. The van der Waals surface area contributed by atoms with Gasteiger partial charge in [-0.05, 0) is 46.5 Å². The minimum absolute atomic E-state index is 0.230. The number of oxime groups is 1. The van der Waals surface area contributed by atoms with Crippen LogP contribution in [0, 0.1) is 0 Å². The maximum Gasteiger partial charge on any atom is 0.286 e.